The Labute approximate surface area is 128 Å². The number of hydrogen-bond donors (Lipinski definition) is 1. The minimum absolute atomic E-state index is 0.112. The molecule has 3 amide bonds. The molecule has 0 aliphatic carbocycles. The van der Waals surface area contributed by atoms with Crippen LogP contribution >= 0.6 is 12.6 Å². The summed E-state index contributed by atoms with van der Waals surface area (Å²) >= 11 is 4.06. The van der Waals surface area contributed by atoms with Gasteiger partial charge in [0.25, 0.3) is 11.8 Å². The van der Waals surface area contributed by atoms with Crippen molar-refractivity contribution in [1.29, 1.82) is 0 Å². The highest BCUT2D eigenvalue weighted by atomic mass is 32.1. The van der Waals surface area contributed by atoms with Gasteiger partial charge in [-0.1, -0.05) is 0 Å². The minimum Gasteiger partial charge on any atom is -0.349 e. The van der Waals surface area contributed by atoms with Gasteiger partial charge in [0.2, 0.25) is 5.91 Å². The van der Waals surface area contributed by atoms with Gasteiger partial charge in [-0.25, -0.2) is 0 Å². The first kappa shape index (κ1) is 17.2. The number of thiol groups is 1. The smallest absolute Gasteiger partial charge is 0.260 e. The zero-order valence-electron chi connectivity index (χ0n) is 12.3. The van der Waals surface area contributed by atoms with E-state index in [0.717, 1.165) is 4.90 Å². The third-order valence-electron chi connectivity index (χ3n) is 3.12. The molecule has 0 N–H and O–H groups in total. The van der Waals surface area contributed by atoms with Crippen LogP contribution in [0.4, 0.5) is 0 Å². The second-order valence-corrected chi connectivity index (χ2v) is 5.28. The molecule has 1 aliphatic heterocycles. The molecular weight excluding hydrogens is 292 g/mol. The number of carbonyl (C=O) groups is 4. The molecule has 21 heavy (non-hydrogen) atoms. The van der Waals surface area contributed by atoms with Crippen molar-refractivity contribution < 1.29 is 19.2 Å². The molecule has 0 atom stereocenters. The van der Waals surface area contributed by atoms with Crippen molar-refractivity contribution in [2.45, 2.75) is 12.8 Å². The summed E-state index contributed by atoms with van der Waals surface area (Å²) < 4.78 is 0. The van der Waals surface area contributed by atoms with Crippen molar-refractivity contribution in [3.63, 3.8) is 0 Å². The van der Waals surface area contributed by atoms with Gasteiger partial charge in [0.1, 0.15) is 6.29 Å². The molecule has 1 rings (SSSR count). The lowest BCUT2D eigenvalue weighted by Gasteiger charge is -2.09. The highest BCUT2D eigenvalue weighted by Gasteiger charge is 2.34. The maximum Gasteiger partial charge on any atom is 0.260 e. The maximum atomic E-state index is 12.0. The number of imide groups is 1. The van der Waals surface area contributed by atoms with Crippen molar-refractivity contribution in [3.05, 3.63) is 22.8 Å². The summed E-state index contributed by atoms with van der Waals surface area (Å²) in [4.78, 5) is 49.1. The van der Waals surface area contributed by atoms with Crippen LogP contribution in [0.2, 0.25) is 0 Å². The first-order valence-electron chi connectivity index (χ1n) is 6.35. The first-order valence-corrected chi connectivity index (χ1v) is 6.99. The maximum absolute atomic E-state index is 12.0. The van der Waals surface area contributed by atoms with Gasteiger partial charge in [-0.2, -0.15) is 12.6 Å². The number of amides is 3. The highest BCUT2D eigenvalue weighted by molar-refractivity contribution is 7.80. The average Bonchev–Trinajstić information content (AvgIpc) is 2.64. The van der Waals surface area contributed by atoms with Gasteiger partial charge >= 0.3 is 0 Å². The minimum atomic E-state index is -0.464. The molecule has 0 aromatic rings. The fourth-order valence-corrected chi connectivity index (χ4v) is 2.09. The van der Waals surface area contributed by atoms with E-state index in [1.165, 1.54) is 18.0 Å². The molecule has 0 saturated heterocycles. The molecule has 1 aliphatic rings. The quantitative estimate of drug-likeness (QED) is 0.329. The normalized spacial score (nSPS) is 15.8. The standard InChI is InChI=1S/C14H18N2O4S/c1-15(2)12(18)7-9(8-17)6-11-10(4-5-21)13(19)16(3)14(11)20/h6,8,21H,4-5,7H2,1-3H3/b9-6+. The third-order valence-corrected chi connectivity index (χ3v) is 3.34. The Kier molecular flexibility index (Phi) is 5.90. The zero-order chi connectivity index (χ0) is 16.2. The van der Waals surface area contributed by atoms with Gasteiger partial charge in [-0.15, -0.1) is 0 Å². The average molecular weight is 310 g/mol. The molecule has 1 heterocycles. The van der Waals surface area contributed by atoms with Crippen LogP contribution in [0, 0.1) is 0 Å². The molecule has 0 unspecified atom stereocenters. The number of hydrogen-bond acceptors (Lipinski definition) is 5. The zero-order valence-corrected chi connectivity index (χ0v) is 13.1. The van der Waals surface area contributed by atoms with Crippen molar-refractivity contribution in [2.24, 2.45) is 0 Å². The predicted molar refractivity (Wildman–Crippen MR) is 80.7 cm³/mol. The molecule has 0 spiro atoms. The topological polar surface area (TPSA) is 74.8 Å². The summed E-state index contributed by atoms with van der Waals surface area (Å²) in [7, 11) is 4.54. The molecular formula is C14H18N2O4S. The Balaban J connectivity index is 3.17. The fourth-order valence-electron chi connectivity index (χ4n) is 1.87. The molecule has 0 aromatic heterocycles. The van der Waals surface area contributed by atoms with E-state index in [-0.39, 0.29) is 29.4 Å². The monoisotopic (exact) mass is 310 g/mol. The van der Waals surface area contributed by atoms with Crippen molar-refractivity contribution in [2.75, 3.05) is 26.9 Å². The van der Waals surface area contributed by atoms with Crippen LogP contribution < -0.4 is 0 Å². The lowest BCUT2D eigenvalue weighted by molar-refractivity contribution is -0.136. The molecule has 114 valence electrons. The van der Waals surface area contributed by atoms with E-state index in [0.29, 0.717) is 24.0 Å². The second-order valence-electron chi connectivity index (χ2n) is 4.84. The van der Waals surface area contributed by atoms with E-state index in [1.807, 2.05) is 0 Å². The number of aldehydes is 1. The van der Waals surface area contributed by atoms with Crippen LogP contribution in [0.3, 0.4) is 0 Å². The van der Waals surface area contributed by atoms with Crippen molar-refractivity contribution in [1.82, 2.24) is 9.80 Å². The SMILES string of the molecule is CN(C)C(=O)C/C(C=O)=C\C1=C(CCS)C(=O)N(C)C1=O. The lowest BCUT2D eigenvalue weighted by atomic mass is 10.0. The van der Waals surface area contributed by atoms with Gasteiger partial charge in [-0.05, 0) is 18.2 Å². The van der Waals surface area contributed by atoms with Gasteiger partial charge in [0.05, 0.1) is 6.42 Å². The van der Waals surface area contributed by atoms with E-state index in [2.05, 4.69) is 12.6 Å². The van der Waals surface area contributed by atoms with Crippen molar-refractivity contribution in [3.8, 4) is 0 Å². The molecule has 0 bridgehead atoms. The summed E-state index contributed by atoms with van der Waals surface area (Å²) in [5, 5.41) is 0. The van der Waals surface area contributed by atoms with Crippen molar-refractivity contribution >= 4 is 36.6 Å². The van der Waals surface area contributed by atoms with Gasteiger partial charge in [0.15, 0.2) is 0 Å². The number of rotatable bonds is 6. The number of carbonyl (C=O) groups excluding carboxylic acids is 4. The van der Waals surface area contributed by atoms with E-state index >= 15 is 0 Å². The molecule has 0 fully saturated rings. The molecule has 6 nitrogen and oxygen atoms in total. The first-order chi connectivity index (χ1) is 9.83. The van der Waals surface area contributed by atoms with Crippen LogP contribution in [0.5, 0.6) is 0 Å². The van der Waals surface area contributed by atoms with Crippen LogP contribution in [0.25, 0.3) is 0 Å². The molecule has 0 aromatic carbocycles. The Bertz CT molecular complexity index is 549. The third kappa shape index (κ3) is 3.81. The Hall–Kier alpha value is -1.89. The summed E-state index contributed by atoms with van der Waals surface area (Å²) in [6, 6.07) is 0. The van der Waals surface area contributed by atoms with Crippen LogP contribution in [0.15, 0.2) is 22.8 Å². The van der Waals surface area contributed by atoms with E-state index in [1.54, 1.807) is 14.1 Å². The molecule has 7 heteroatoms. The summed E-state index contributed by atoms with van der Waals surface area (Å²) in [5.41, 5.74) is 0.663. The lowest BCUT2D eigenvalue weighted by Crippen LogP contribution is -2.27. The molecule has 0 radical (unpaired) electrons. The van der Waals surface area contributed by atoms with E-state index in [4.69, 9.17) is 0 Å². The highest BCUT2D eigenvalue weighted by Crippen LogP contribution is 2.24. The second kappa shape index (κ2) is 7.21. The Morgan fingerprint density at radius 2 is 1.90 bits per heavy atom. The van der Waals surface area contributed by atoms with Crippen LogP contribution in [0.1, 0.15) is 12.8 Å². The van der Waals surface area contributed by atoms with Gasteiger partial charge in [-0.3, -0.25) is 24.1 Å². The molecule has 0 saturated carbocycles. The van der Waals surface area contributed by atoms with Gasteiger partial charge in [0, 0.05) is 37.9 Å². The Morgan fingerprint density at radius 1 is 1.29 bits per heavy atom. The van der Waals surface area contributed by atoms with E-state index < -0.39 is 5.91 Å². The summed E-state index contributed by atoms with van der Waals surface area (Å²) in [6.07, 6.45) is 2.08. The van der Waals surface area contributed by atoms with Gasteiger partial charge < -0.3 is 4.90 Å². The fraction of sp³-hybridized carbons (Fsp3) is 0.429. The summed E-state index contributed by atoms with van der Waals surface area (Å²) in [5.74, 6) is -0.695. The van der Waals surface area contributed by atoms with E-state index in [9.17, 15) is 19.2 Å². The Morgan fingerprint density at radius 3 is 2.38 bits per heavy atom. The predicted octanol–water partition coefficient (Wildman–Crippen LogP) is 0.205. The van der Waals surface area contributed by atoms with Crippen LogP contribution in [-0.4, -0.2) is 60.7 Å². The summed E-state index contributed by atoms with van der Waals surface area (Å²) in [6.45, 7) is 0. The number of likely N-dealkylation sites (N-methyl/N-ethyl adjacent to an activating group) is 1. The largest absolute Gasteiger partial charge is 0.349 e. The van der Waals surface area contributed by atoms with Crippen LogP contribution in [-0.2, 0) is 19.2 Å². The number of nitrogens with zero attached hydrogens (tertiary/aromatic N) is 2.